The third kappa shape index (κ3) is 5.04. The summed E-state index contributed by atoms with van der Waals surface area (Å²) in [6.07, 6.45) is 4.25. The molecule has 0 aliphatic heterocycles. The molecule has 0 unspecified atom stereocenters. The highest BCUT2D eigenvalue weighted by Gasteiger charge is 2.22. The van der Waals surface area contributed by atoms with Crippen molar-refractivity contribution >= 4 is 15.8 Å². The average Bonchev–Trinajstić information content (AvgIpc) is 2.91. The molecule has 0 saturated heterocycles. The Morgan fingerprint density at radius 1 is 1.29 bits per heavy atom. The van der Waals surface area contributed by atoms with Crippen molar-refractivity contribution in [1.29, 1.82) is 0 Å². The van der Waals surface area contributed by atoms with Gasteiger partial charge in [-0.1, -0.05) is 18.9 Å². The quantitative estimate of drug-likeness (QED) is 0.836. The number of carbonyl (C=O) groups is 1. The van der Waals surface area contributed by atoms with Crippen LogP contribution in [0.4, 0.5) is 0 Å². The molecule has 0 heterocycles. The van der Waals surface area contributed by atoms with E-state index in [0.717, 1.165) is 25.7 Å². The van der Waals surface area contributed by atoms with Gasteiger partial charge in [0.2, 0.25) is 0 Å². The Hall–Kier alpha value is -1.56. The van der Waals surface area contributed by atoms with Gasteiger partial charge in [0.1, 0.15) is 12.4 Å². The minimum atomic E-state index is -3.10. The maximum atomic E-state index is 12.0. The molecule has 0 spiro atoms. The highest BCUT2D eigenvalue weighted by molar-refractivity contribution is 7.91. The summed E-state index contributed by atoms with van der Waals surface area (Å²) in [5, 5.41) is 8.87. The first-order chi connectivity index (χ1) is 9.96. The van der Waals surface area contributed by atoms with Crippen LogP contribution in [0.25, 0.3) is 0 Å². The van der Waals surface area contributed by atoms with Crippen LogP contribution >= 0.6 is 0 Å². The van der Waals surface area contributed by atoms with Gasteiger partial charge in [-0.3, -0.25) is 0 Å². The average molecular weight is 312 g/mol. The van der Waals surface area contributed by atoms with Crippen LogP contribution in [0.1, 0.15) is 36.0 Å². The van der Waals surface area contributed by atoms with E-state index in [2.05, 4.69) is 0 Å². The molecule has 1 aromatic rings. The first-order valence-corrected chi connectivity index (χ1v) is 8.95. The van der Waals surface area contributed by atoms with E-state index in [1.807, 2.05) is 0 Å². The van der Waals surface area contributed by atoms with E-state index in [-0.39, 0.29) is 23.7 Å². The Bertz CT molecular complexity index is 588. The highest BCUT2D eigenvalue weighted by Crippen LogP contribution is 2.26. The molecule has 2 rings (SSSR count). The Kier molecular flexibility index (Phi) is 5.22. The van der Waals surface area contributed by atoms with Gasteiger partial charge in [0.05, 0.1) is 17.1 Å². The van der Waals surface area contributed by atoms with Gasteiger partial charge in [-0.05, 0) is 37.0 Å². The van der Waals surface area contributed by atoms with Crippen LogP contribution in [-0.4, -0.2) is 37.6 Å². The number of benzene rings is 1. The Balaban J connectivity index is 1.83. The predicted octanol–water partition coefficient (Wildman–Crippen LogP) is 2.37. The molecule has 0 bridgehead atoms. The lowest BCUT2D eigenvalue weighted by Gasteiger charge is -2.11. The Labute approximate surface area is 124 Å². The monoisotopic (exact) mass is 312 g/mol. The molecular weight excluding hydrogens is 292 g/mol. The topological polar surface area (TPSA) is 80.7 Å². The Morgan fingerprint density at radius 3 is 2.67 bits per heavy atom. The second-order valence-corrected chi connectivity index (χ2v) is 7.68. The van der Waals surface area contributed by atoms with Crippen molar-refractivity contribution in [1.82, 2.24) is 0 Å². The van der Waals surface area contributed by atoms with Crippen LogP contribution < -0.4 is 4.74 Å². The Morgan fingerprint density at radius 2 is 2.00 bits per heavy atom. The van der Waals surface area contributed by atoms with Crippen molar-refractivity contribution < 1.29 is 23.1 Å². The summed E-state index contributed by atoms with van der Waals surface area (Å²) in [5.74, 6) is -0.141. The molecule has 0 atom stereocenters. The van der Waals surface area contributed by atoms with Crippen LogP contribution in [-0.2, 0) is 9.84 Å². The molecule has 0 amide bonds. The van der Waals surface area contributed by atoms with Crippen molar-refractivity contribution in [3.05, 3.63) is 29.8 Å². The molecule has 1 N–H and O–H groups in total. The minimum absolute atomic E-state index is 0.0270. The lowest BCUT2D eigenvalue weighted by Crippen LogP contribution is -2.21. The zero-order valence-corrected chi connectivity index (χ0v) is 12.6. The number of hydrogen-bond donors (Lipinski definition) is 1. The van der Waals surface area contributed by atoms with E-state index in [0.29, 0.717) is 11.7 Å². The normalized spacial score (nSPS) is 16.0. The maximum absolute atomic E-state index is 12.0. The second-order valence-electron chi connectivity index (χ2n) is 5.45. The van der Waals surface area contributed by atoms with E-state index in [1.165, 1.54) is 12.1 Å². The molecule has 1 saturated carbocycles. The lowest BCUT2D eigenvalue weighted by molar-refractivity contribution is 0.0696. The van der Waals surface area contributed by atoms with Crippen LogP contribution in [0, 0.1) is 5.92 Å². The first-order valence-electron chi connectivity index (χ1n) is 7.13. The number of carboxylic acids is 1. The molecule has 0 radical (unpaired) electrons. The molecule has 1 aliphatic rings. The summed E-state index contributed by atoms with van der Waals surface area (Å²) in [6.45, 7) is 0.0537. The van der Waals surface area contributed by atoms with E-state index in [4.69, 9.17) is 9.84 Å². The van der Waals surface area contributed by atoms with Gasteiger partial charge in [0.25, 0.3) is 0 Å². The van der Waals surface area contributed by atoms with Crippen molar-refractivity contribution in [3.63, 3.8) is 0 Å². The third-order valence-corrected chi connectivity index (χ3v) is 5.48. The summed E-state index contributed by atoms with van der Waals surface area (Å²) in [7, 11) is -3.10. The number of rotatable bonds is 7. The number of aromatic carboxylic acids is 1. The van der Waals surface area contributed by atoms with E-state index >= 15 is 0 Å². The van der Waals surface area contributed by atoms with Gasteiger partial charge >= 0.3 is 5.97 Å². The molecule has 1 fully saturated rings. The van der Waals surface area contributed by atoms with Crippen molar-refractivity contribution in [3.8, 4) is 5.75 Å². The molecule has 1 aromatic carbocycles. The first kappa shape index (κ1) is 15.8. The zero-order chi connectivity index (χ0) is 15.3. The molecule has 0 aromatic heterocycles. The highest BCUT2D eigenvalue weighted by atomic mass is 32.2. The molecular formula is C15H20O5S. The van der Waals surface area contributed by atoms with Gasteiger partial charge in [-0.15, -0.1) is 0 Å². The fraction of sp³-hybridized carbons (Fsp3) is 0.533. The van der Waals surface area contributed by atoms with E-state index in [9.17, 15) is 13.2 Å². The number of hydrogen-bond acceptors (Lipinski definition) is 4. The maximum Gasteiger partial charge on any atom is 0.335 e. The van der Waals surface area contributed by atoms with Crippen molar-refractivity contribution in [2.75, 3.05) is 18.1 Å². The summed E-state index contributed by atoms with van der Waals surface area (Å²) >= 11 is 0. The second kappa shape index (κ2) is 6.93. The predicted molar refractivity (Wildman–Crippen MR) is 79.5 cm³/mol. The molecule has 1 aliphatic carbocycles. The summed E-state index contributed by atoms with van der Waals surface area (Å²) in [6, 6.07) is 6.06. The van der Waals surface area contributed by atoms with Crippen molar-refractivity contribution in [2.24, 2.45) is 5.92 Å². The number of carboxylic acid groups (broad SMARTS) is 1. The summed E-state index contributed by atoms with van der Waals surface area (Å²) in [5.41, 5.74) is 0.126. The largest absolute Gasteiger partial charge is 0.493 e. The fourth-order valence-electron chi connectivity index (χ4n) is 2.62. The summed E-state index contributed by atoms with van der Waals surface area (Å²) < 4.78 is 29.3. The van der Waals surface area contributed by atoms with E-state index in [1.54, 1.807) is 12.1 Å². The number of sulfone groups is 1. The van der Waals surface area contributed by atoms with Crippen molar-refractivity contribution in [2.45, 2.75) is 25.7 Å². The van der Waals surface area contributed by atoms with E-state index < -0.39 is 15.8 Å². The van der Waals surface area contributed by atoms with Gasteiger partial charge in [-0.25, -0.2) is 13.2 Å². The van der Waals surface area contributed by atoms with Gasteiger partial charge < -0.3 is 9.84 Å². The minimum Gasteiger partial charge on any atom is -0.493 e. The van der Waals surface area contributed by atoms with Crippen LogP contribution in [0.15, 0.2) is 24.3 Å². The lowest BCUT2D eigenvalue weighted by atomic mass is 10.1. The SMILES string of the molecule is O=C(O)c1cccc(OCCS(=O)(=O)CC2CCCC2)c1. The fourth-order valence-corrected chi connectivity index (χ4v) is 4.18. The standard InChI is InChI=1S/C15H20O5S/c16-15(17)13-6-3-7-14(10-13)20-8-9-21(18,19)11-12-4-1-2-5-12/h3,6-7,10,12H,1-2,4-5,8-9,11H2,(H,16,17). The summed E-state index contributed by atoms with van der Waals surface area (Å²) in [4.78, 5) is 10.8. The van der Waals surface area contributed by atoms with Gasteiger partial charge in [0.15, 0.2) is 9.84 Å². The van der Waals surface area contributed by atoms with Crippen LogP contribution in [0.3, 0.4) is 0 Å². The molecule has 21 heavy (non-hydrogen) atoms. The zero-order valence-electron chi connectivity index (χ0n) is 11.8. The number of ether oxygens (including phenoxy) is 1. The van der Waals surface area contributed by atoms with Crippen LogP contribution in [0.2, 0.25) is 0 Å². The third-order valence-electron chi connectivity index (χ3n) is 3.71. The molecule has 116 valence electrons. The van der Waals surface area contributed by atoms with Gasteiger partial charge in [0, 0.05) is 0 Å². The van der Waals surface area contributed by atoms with Gasteiger partial charge in [-0.2, -0.15) is 0 Å². The van der Waals surface area contributed by atoms with Crippen LogP contribution in [0.5, 0.6) is 5.75 Å². The molecule has 5 nitrogen and oxygen atoms in total. The smallest absolute Gasteiger partial charge is 0.335 e. The molecule has 6 heteroatoms.